The number of nitrogens with zero attached hydrogens (tertiary/aromatic N) is 1. The average Bonchev–Trinajstić information content (AvgIpc) is 2.67. The van der Waals surface area contributed by atoms with Gasteiger partial charge in [0.05, 0.1) is 5.75 Å². The quantitative estimate of drug-likeness (QED) is 0.485. The van der Waals surface area contributed by atoms with E-state index in [9.17, 15) is 14.0 Å². The van der Waals surface area contributed by atoms with Crippen LogP contribution in [0.5, 0.6) is 0 Å². The Morgan fingerprint density at radius 2 is 1.90 bits per heavy atom. The van der Waals surface area contributed by atoms with E-state index < -0.39 is 11.9 Å². The van der Waals surface area contributed by atoms with Crippen molar-refractivity contribution in [3.05, 3.63) is 68.9 Å². The third kappa shape index (κ3) is 7.29. The molecule has 2 rings (SSSR count). The highest BCUT2D eigenvalue weighted by Gasteiger charge is 2.26. The van der Waals surface area contributed by atoms with E-state index in [2.05, 4.69) is 21.2 Å². The molecule has 0 saturated heterocycles. The van der Waals surface area contributed by atoms with E-state index in [0.717, 1.165) is 10.0 Å². The standard InChI is InChI=1S/C22H25BrClFN2O2S/c1-14(2)26-22(29)15(3)27(11-16-6-4-7-17(23)10-16)21(28)13-30-12-18-19(24)8-5-9-20(18)25/h4-10,14-15H,11-13H2,1-3H3,(H,26,29)/t15-/m0/s1. The SMILES string of the molecule is CC(C)NC(=O)[C@H](C)N(Cc1cccc(Br)c1)C(=O)CSCc1c(F)cccc1Cl. The van der Waals surface area contributed by atoms with Gasteiger partial charge < -0.3 is 10.2 Å². The predicted molar refractivity (Wildman–Crippen MR) is 125 cm³/mol. The summed E-state index contributed by atoms with van der Waals surface area (Å²) in [4.78, 5) is 27.1. The summed E-state index contributed by atoms with van der Waals surface area (Å²) in [6.07, 6.45) is 0. The van der Waals surface area contributed by atoms with Crippen molar-refractivity contribution in [2.24, 2.45) is 0 Å². The molecule has 0 heterocycles. The molecule has 0 aromatic heterocycles. The van der Waals surface area contributed by atoms with E-state index in [1.54, 1.807) is 24.0 Å². The topological polar surface area (TPSA) is 49.4 Å². The van der Waals surface area contributed by atoms with Gasteiger partial charge in [0.1, 0.15) is 11.9 Å². The molecule has 0 aliphatic rings. The maximum atomic E-state index is 14.0. The first-order valence-corrected chi connectivity index (χ1v) is 11.9. The number of rotatable bonds is 9. The maximum Gasteiger partial charge on any atom is 0.242 e. The molecule has 2 aromatic carbocycles. The minimum absolute atomic E-state index is 0.0275. The van der Waals surface area contributed by atoms with E-state index in [1.807, 2.05) is 38.1 Å². The smallest absolute Gasteiger partial charge is 0.242 e. The second-order valence-corrected chi connectivity index (χ2v) is 9.49. The fourth-order valence-corrected chi connectivity index (χ4v) is 4.51. The van der Waals surface area contributed by atoms with Gasteiger partial charge in [-0.25, -0.2) is 4.39 Å². The van der Waals surface area contributed by atoms with E-state index in [0.29, 0.717) is 17.1 Å². The number of nitrogens with one attached hydrogen (secondary N) is 1. The zero-order valence-corrected chi connectivity index (χ0v) is 20.3. The highest BCUT2D eigenvalue weighted by molar-refractivity contribution is 9.10. The van der Waals surface area contributed by atoms with Crippen molar-refractivity contribution in [2.45, 2.75) is 45.2 Å². The van der Waals surface area contributed by atoms with Gasteiger partial charge in [0, 0.05) is 33.4 Å². The Hall–Kier alpha value is -1.57. The van der Waals surface area contributed by atoms with Gasteiger partial charge in [-0.3, -0.25) is 9.59 Å². The van der Waals surface area contributed by atoms with E-state index in [1.165, 1.54) is 17.8 Å². The van der Waals surface area contributed by atoms with Gasteiger partial charge in [-0.2, -0.15) is 0 Å². The number of amides is 2. The van der Waals surface area contributed by atoms with Crippen molar-refractivity contribution in [2.75, 3.05) is 5.75 Å². The van der Waals surface area contributed by atoms with Crippen LogP contribution in [0.3, 0.4) is 0 Å². The van der Waals surface area contributed by atoms with Gasteiger partial charge in [-0.15, -0.1) is 11.8 Å². The number of thioether (sulfide) groups is 1. The Balaban J connectivity index is 2.11. The summed E-state index contributed by atoms with van der Waals surface area (Å²) in [5, 5.41) is 3.19. The van der Waals surface area contributed by atoms with Crippen LogP contribution in [0.15, 0.2) is 46.9 Å². The normalized spacial score (nSPS) is 12.0. The summed E-state index contributed by atoms with van der Waals surface area (Å²) in [6, 6.07) is 11.5. The van der Waals surface area contributed by atoms with E-state index >= 15 is 0 Å². The second-order valence-electron chi connectivity index (χ2n) is 7.18. The molecule has 0 spiro atoms. The summed E-state index contributed by atoms with van der Waals surface area (Å²) < 4.78 is 14.9. The molecule has 0 fully saturated rings. The van der Waals surface area contributed by atoms with Crippen LogP contribution >= 0.6 is 39.3 Å². The van der Waals surface area contributed by atoms with Gasteiger partial charge in [0.15, 0.2) is 0 Å². The van der Waals surface area contributed by atoms with Crippen LogP contribution in [0, 0.1) is 5.82 Å². The Morgan fingerprint density at radius 3 is 2.53 bits per heavy atom. The zero-order chi connectivity index (χ0) is 22.3. The van der Waals surface area contributed by atoms with Gasteiger partial charge in [0.25, 0.3) is 0 Å². The van der Waals surface area contributed by atoms with Gasteiger partial charge in [-0.1, -0.05) is 45.7 Å². The summed E-state index contributed by atoms with van der Waals surface area (Å²) >= 11 is 10.8. The molecule has 162 valence electrons. The molecule has 0 aliphatic heterocycles. The van der Waals surface area contributed by atoms with Crippen LogP contribution in [0.1, 0.15) is 31.9 Å². The molecule has 0 unspecified atom stereocenters. The summed E-state index contributed by atoms with van der Waals surface area (Å²) in [6.45, 7) is 5.76. The van der Waals surface area contributed by atoms with Crippen molar-refractivity contribution in [3.63, 3.8) is 0 Å². The van der Waals surface area contributed by atoms with Crippen LogP contribution in [-0.4, -0.2) is 34.6 Å². The van der Waals surface area contributed by atoms with Crippen molar-refractivity contribution >= 4 is 51.1 Å². The first-order chi connectivity index (χ1) is 14.2. The maximum absolute atomic E-state index is 14.0. The van der Waals surface area contributed by atoms with Crippen molar-refractivity contribution in [1.82, 2.24) is 10.2 Å². The molecule has 0 saturated carbocycles. The van der Waals surface area contributed by atoms with Crippen molar-refractivity contribution < 1.29 is 14.0 Å². The van der Waals surface area contributed by atoms with Crippen molar-refractivity contribution in [3.8, 4) is 0 Å². The predicted octanol–water partition coefficient (Wildman–Crippen LogP) is 5.42. The van der Waals surface area contributed by atoms with E-state index in [-0.39, 0.29) is 29.4 Å². The lowest BCUT2D eigenvalue weighted by Gasteiger charge is -2.29. The Bertz CT molecular complexity index is 877. The highest BCUT2D eigenvalue weighted by atomic mass is 79.9. The number of hydrogen-bond donors (Lipinski definition) is 1. The number of benzene rings is 2. The van der Waals surface area contributed by atoms with Gasteiger partial charge in [-0.05, 0) is 50.6 Å². The lowest BCUT2D eigenvalue weighted by molar-refractivity contribution is -0.138. The first kappa shape index (κ1) is 24.7. The summed E-state index contributed by atoms with van der Waals surface area (Å²) in [5.41, 5.74) is 1.28. The Labute approximate surface area is 194 Å². The van der Waals surface area contributed by atoms with E-state index in [4.69, 9.17) is 11.6 Å². The molecule has 30 heavy (non-hydrogen) atoms. The highest BCUT2D eigenvalue weighted by Crippen LogP contribution is 2.24. The third-order valence-corrected chi connectivity index (χ3v) is 6.17. The molecular weight excluding hydrogens is 491 g/mol. The average molecular weight is 516 g/mol. The largest absolute Gasteiger partial charge is 0.352 e. The monoisotopic (exact) mass is 514 g/mol. The summed E-state index contributed by atoms with van der Waals surface area (Å²) in [5.74, 6) is -0.417. The molecule has 0 radical (unpaired) electrons. The number of carbonyl (C=O) groups is 2. The molecule has 0 aliphatic carbocycles. The lowest BCUT2D eigenvalue weighted by atomic mass is 10.1. The first-order valence-electron chi connectivity index (χ1n) is 9.54. The molecule has 1 N–H and O–H groups in total. The Kier molecular flexibility index (Phi) is 9.65. The zero-order valence-electron chi connectivity index (χ0n) is 17.1. The molecule has 2 aromatic rings. The molecular formula is C22H25BrClFN2O2S. The van der Waals surface area contributed by atoms with Gasteiger partial charge >= 0.3 is 0 Å². The van der Waals surface area contributed by atoms with Crippen LogP contribution < -0.4 is 5.32 Å². The van der Waals surface area contributed by atoms with Crippen LogP contribution in [-0.2, 0) is 21.9 Å². The molecule has 1 atom stereocenters. The number of carbonyl (C=O) groups excluding carboxylic acids is 2. The van der Waals surface area contributed by atoms with Crippen LogP contribution in [0.2, 0.25) is 5.02 Å². The third-order valence-electron chi connectivity index (χ3n) is 4.37. The molecule has 0 bridgehead atoms. The Morgan fingerprint density at radius 1 is 1.20 bits per heavy atom. The van der Waals surface area contributed by atoms with Gasteiger partial charge in [0.2, 0.25) is 11.8 Å². The van der Waals surface area contributed by atoms with Crippen LogP contribution in [0.4, 0.5) is 4.39 Å². The number of halogens is 3. The minimum Gasteiger partial charge on any atom is -0.352 e. The van der Waals surface area contributed by atoms with Crippen molar-refractivity contribution in [1.29, 1.82) is 0 Å². The summed E-state index contributed by atoms with van der Waals surface area (Å²) in [7, 11) is 0. The molecule has 4 nitrogen and oxygen atoms in total. The minimum atomic E-state index is -0.642. The second kappa shape index (κ2) is 11.7. The number of hydrogen-bond acceptors (Lipinski definition) is 3. The van der Waals surface area contributed by atoms with Crippen LogP contribution in [0.25, 0.3) is 0 Å². The lowest BCUT2D eigenvalue weighted by Crippen LogP contribution is -2.49. The molecule has 8 heteroatoms. The molecule has 2 amide bonds. The fraction of sp³-hybridized carbons (Fsp3) is 0.364. The fourth-order valence-electron chi connectivity index (χ4n) is 2.81.